The zero-order chi connectivity index (χ0) is 27.1. The molecule has 0 spiro atoms. The summed E-state index contributed by atoms with van der Waals surface area (Å²) < 4.78 is 18.3. The summed E-state index contributed by atoms with van der Waals surface area (Å²) in [6, 6.07) is 19.2. The van der Waals surface area contributed by atoms with Gasteiger partial charge >= 0.3 is 0 Å². The normalized spacial score (nSPS) is 16.1. The van der Waals surface area contributed by atoms with Gasteiger partial charge < -0.3 is 19.5 Å². The molecule has 1 atom stereocenters. The molecule has 0 unspecified atom stereocenters. The van der Waals surface area contributed by atoms with Crippen molar-refractivity contribution in [3.63, 3.8) is 0 Å². The number of nitrogens with zero attached hydrogens (tertiary/aromatic N) is 2. The molecule has 196 valence electrons. The van der Waals surface area contributed by atoms with Gasteiger partial charge in [-0.1, -0.05) is 53.3 Å². The first-order chi connectivity index (χ1) is 18.9. The Labute approximate surface area is 232 Å². The number of rotatable bonds is 5. The number of halogens is 1. The van der Waals surface area contributed by atoms with Crippen molar-refractivity contribution in [2.75, 3.05) is 19.2 Å². The topological polar surface area (TPSA) is 91.2 Å². The Hall–Kier alpha value is -4.34. The minimum absolute atomic E-state index is 0.116. The molecule has 2 aliphatic heterocycles. The summed E-state index contributed by atoms with van der Waals surface area (Å²) in [5, 5.41) is 3.37. The van der Waals surface area contributed by atoms with Gasteiger partial charge in [0.2, 0.25) is 6.79 Å². The molecule has 6 rings (SSSR count). The lowest BCUT2D eigenvalue weighted by Gasteiger charge is -2.25. The first-order valence-corrected chi connectivity index (χ1v) is 13.2. The monoisotopic (exact) mass is 559 g/mol. The summed E-state index contributed by atoms with van der Waals surface area (Å²) in [4.78, 5) is 32.8. The highest BCUT2D eigenvalue weighted by Crippen LogP contribution is 2.37. The van der Waals surface area contributed by atoms with Crippen LogP contribution in [0.15, 0.2) is 87.8 Å². The van der Waals surface area contributed by atoms with Crippen LogP contribution in [0.4, 0.5) is 5.69 Å². The summed E-state index contributed by atoms with van der Waals surface area (Å²) in [7, 11) is 1.57. The zero-order valence-electron chi connectivity index (χ0n) is 20.9. The summed E-state index contributed by atoms with van der Waals surface area (Å²) in [5.74, 6) is 1.38. The number of hydrogen-bond donors (Lipinski definition) is 1. The van der Waals surface area contributed by atoms with Gasteiger partial charge in [-0.3, -0.25) is 14.2 Å². The second-order valence-electron chi connectivity index (χ2n) is 8.91. The number of amides is 1. The fourth-order valence-corrected chi connectivity index (χ4v) is 5.89. The van der Waals surface area contributed by atoms with E-state index in [4.69, 9.17) is 25.8 Å². The third kappa shape index (κ3) is 4.60. The SMILES string of the molecule is COc1cccc([C@@H]2C(C(=O)Nc3ccccc3)=C(C)N=c3s/c(=C\c4cc5c(cc4Cl)OCO5)c(=O)n32)c1. The summed E-state index contributed by atoms with van der Waals surface area (Å²) in [6.07, 6.45) is 1.71. The maximum absolute atomic E-state index is 13.9. The van der Waals surface area contributed by atoms with Crippen LogP contribution >= 0.6 is 22.9 Å². The van der Waals surface area contributed by atoms with Gasteiger partial charge in [0.1, 0.15) is 5.75 Å². The van der Waals surface area contributed by atoms with Gasteiger partial charge in [0.25, 0.3) is 11.5 Å². The average molecular weight is 560 g/mol. The molecule has 0 bridgehead atoms. The Bertz CT molecular complexity index is 1830. The lowest BCUT2D eigenvalue weighted by molar-refractivity contribution is -0.113. The number of nitrogens with one attached hydrogen (secondary N) is 1. The highest BCUT2D eigenvalue weighted by molar-refractivity contribution is 7.07. The number of benzene rings is 3. The number of ether oxygens (including phenoxy) is 3. The third-order valence-electron chi connectivity index (χ3n) is 6.49. The van der Waals surface area contributed by atoms with Crippen molar-refractivity contribution in [2.45, 2.75) is 13.0 Å². The lowest BCUT2D eigenvalue weighted by Crippen LogP contribution is -2.40. The quantitative estimate of drug-likeness (QED) is 0.394. The number of thiazole rings is 1. The van der Waals surface area contributed by atoms with Crippen molar-refractivity contribution in [3.05, 3.63) is 114 Å². The second kappa shape index (κ2) is 10.1. The van der Waals surface area contributed by atoms with E-state index in [2.05, 4.69) is 10.3 Å². The number of hydrogen-bond acceptors (Lipinski definition) is 7. The molecule has 3 heterocycles. The number of allylic oxidation sites excluding steroid dienone is 1. The van der Waals surface area contributed by atoms with Gasteiger partial charge in [-0.25, -0.2) is 4.99 Å². The van der Waals surface area contributed by atoms with E-state index in [1.807, 2.05) is 42.5 Å². The van der Waals surface area contributed by atoms with Crippen molar-refractivity contribution in [2.24, 2.45) is 4.99 Å². The second-order valence-corrected chi connectivity index (χ2v) is 10.3. The minimum atomic E-state index is -0.727. The van der Waals surface area contributed by atoms with E-state index >= 15 is 0 Å². The van der Waals surface area contributed by atoms with E-state index in [1.165, 1.54) is 11.3 Å². The molecular formula is C29H22ClN3O5S. The molecule has 3 aromatic carbocycles. The van der Waals surface area contributed by atoms with Gasteiger partial charge in [0.15, 0.2) is 16.3 Å². The minimum Gasteiger partial charge on any atom is -0.497 e. The average Bonchev–Trinajstić information content (AvgIpc) is 3.51. The number of anilines is 1. The summed E-state index contributed by atoms with van der Waals surface area (Å²) in [6.45, 7) is 1.89. The van der Waals surface area contributed by atoms with Gasteiger partial charge in [0, 0.05) is 11.8 Å². The number of carbonyl (C=O) groups is 1. The predicted molar refractivity (Wildman–Crippen MR) is 149 cm³/mol. The number of carbonyl (C=O) groups excluding carboxylic acids is 1. The smallest absolute Gasteiger partial charge is 0.271 e. The fraction of sp³-hybridized carbons (Fsp3) is 0.138. The Morgan fingerprint density at radius 1 is 1.13 bits per heavy atom. The zero-order valence-corrected chi connectivity index (χ0v) is 22.5. The van der Waals surface area contributed by atoms with Crippen LogP contribution in [0, 0.1) is 0 Å². The number of fused-ring (bicyclic) bond motifs is 2. The molecule has 2 aliphatic rings. The molecule has 0 saturated carbocycles. The molecule has 0 aliphatic carbocycles. The molecule has 10 heteroatoms. The van der Waals surface area contributed by atoms with Crippen LogP contribution in [-0.2, 0) is 4.79 Å². The van der Waals surface area contributed by atoms with Gasteiger partial charge in [0.05, 0.1) is 34.0 Å². The highest BCUT2D eigenvalue weighted by Gasteiger charge is 2.33. The third-order valence-corrected chi connectivity index (χ3v) is 7.80. The number of aromatic nitrogens is 1. The first-order valence-electron chi connectivity index (χ1n) is 12.0. The highest BCUT2D eigenvalue weighted by atomic mass is 35.5. The molecule has 0 saturated heterocycles. The van der Waals surface area contributed by atoms with E-state index in [0.29, 0.717) is 54.1 Å². The maximum Gasteiger partial charge on any atom is 0.271 e. The van der Waals surface area contributed by atoms with Crippen molar-refractivity contribution in [1.29, 1.82) is 0 Å². The van der Waals surface area contributed by atoms with Crippen molar-refractivity contribution in [3.8, 4) is 17.2 Å². The predicted octanol–water partition coefficient (Wildman–Crippen LogP) is 4.26. The molecule has 0 radical (unpaired) electrons. The van der Waals surface area contributed by atoms with Gasteiger partial charge in [-0.15, -0.1) is 0 Å². The lowest BCUT2D eigenvalue weighted by atomic mass is 9.95. The van der Waals surface area contributed by atoms with Gasteiger partial charge in [-0.05, 0) is 54.5 Å². The fourth-order valence-electron chi connectivity index (χ4n) is 4.64. The Morgan fingerprint density at radius 2 is 1.90 bits per heavy atom. The van der Waals surface area contributed by atoms with Crippen LogP contribution in [0.3, 0.4) is 0 Å². The van der Waals surface area contributed by atoms with E-state index < -0.39 is 6.04 Å². The maximum atomic E-state index is 13.9. The molecule has 4 aromatic rings. The largest absolute Gasteiger partial charge is 0.497 e. The molecule has 8 nitrogen and oxygen atoms in total. The Balaban J connectivity index is 1.52. The van der Waals surface area contributed by atoms with Crippen LogP contribution in [-0.4, -0.2) is 24.4 Å². The van der Waals surface area contributed by atoms with E-state index in [1.54, 1.807) is 48.9 Å². The van der Waals surface area contributed by atoms with Crippen LogP contribution in [0.25, 0.3) is 6.08 Å². The van der Waals surface area contributed by atoms with Crippen LogP contribution < -0.4 is 34.4 Å². The molecule has 1 aromatic heterocycles. The molecule has 0 fully saturated rings. The molecule has 39 heavy (non-hydrogen) atoms. The Morgan fingerprint density at radius 3 is 2.67 bits per heavy atom. The van der Waals surface area contributed by atoms with E-state index in [9.17, 15) is 9.59 Å². The molecule has 1 amide bonds. The summed E-state index contributed by atoms with van der Waals surface area (Å²) >= 11 is 7.72. The van der Waals surface area contributed by atoms with Crippen LogP contribution in [0.1, 0.15) is 24.1 Å². The standard InChI is InChI=1S/C29H22ClN3O5S/c1-16-25(27(34)32-19-8-4-3-5-9-19)26(17-7-6-10-20(11-17)36-2)33-28(35)24(39-29(33)31-16)13-18-12-22-23(14-21(18)30)38-15-37-22/h3-14,26H,15H2,1-2H3,(H,32,34)/b24-13-/t26-/m1/s1. The van der Waals surface area contributed by atoms with E-state index in [0.717, 1.165) is 5.56 Å². The Kier molecular flexibility index (Phi) is 6.46. The summed E-state index contributed by atoms with van der Waals surface area (Å²) in [5.41, 5.74) is 2.56. The number of para-hydroxylation sites is 1. The number of methoxy groups -OCH3 is 1. The molecule has 1 N–H and O–H groups in total. The molecular weight excluding hydrogens is 538 g/mol. The van der Waals surface area contributed by atoms with Gasteiger partial charge in [-0.2, -0.15) is 0 Å². The first kappa shape index (κ1) is 25.0. The van der Waals surface area contributed by atoms with Crippen LogP contribution in [0.2, 0.25) is 5.02 Å². The van der Waals surface area contributed by atoms with Crippen molar-refractivity contribution >= 4 is 40.6 Å². The van der Waals surface area contributed by atoms with Crippen LogP contribution in [0.5, 0.6) is 17.2 Å². The van der Waals surface area contributed by atoms with Crippen molar-refractivity contribution < 1.29 is 19.0 Å². The van der Waals surface area contributed by atoms with E-state index in [-0.39, 0.29) is 18.3 Å². The van der Waals surface area contributed by atoms with Crippen molar-refractivity contribution in [1.82, 2.24) is 4.57 Å².